The van der Waals surface area contributed by atoms with Crippen LogP contribution in [0.15, 0.2) is 42.5 Å². The molecular formula is C22H27N3O6S. The summed E-state index contributed by atoms with van der Waals surface area (Å²) in [5.41, 5.74) is 1.80. The number of anilines is 2. The minimum atomic E-state index is -3.78. The molecular weight excluding hydrogens is 434 g/mol. The number of nitrogens with zero attached hydrogens (tertiary/aromatic N) is 2. The number of hydrogen-bond donors (Lipinski definition) is 1. The van der Waals surface area contributed by atoms with E-state index in [1.807, 2.05) is 24.3 Å². The van der Waals surface area contributed by atoms with Crippen molar-refractivity contribution in [3.63, 3.8) is 0 Å². The van der Waals surface area contributed by atoms with E-state index >= 15 is 0 Å². The number of amides is 2. The molecule has 1 aliphatic rings. The molecule has 1 saturated heterocycles. The highest BCUT2D eigenvalue weighted by molar-refractivity contribution is 7.92. The third-order valence-corrected chi connectivity index (χ3v) is 6.25. The standard InChI is InChI=1S/C22H27N3O6S/c1-30-18-9-10-20(31-2)19(13-18)25(32(3,28)29)15-21(26)23-14-16-6-4-7-17(12-16)24-11-5-8-22(24)27/h4,6-7,9-10,12-13H,5,8,11,14-15H2,1-3H3,(H,23,26). The van der Waals surface area contributed by atoms with Gasteiger partial charge in [0.1, 0.15) is 18.0 Å². The van der Waals surface area contributed by atoms with Crippen LogP contribution in [0.3, 0.4) is 0 Å². The predicted octanol–water partition coefficient (Wildman–Crippen LogP) is 1.91. The Balaban J connectivity index is 1.73. The van der Waals surface area contributed by atoms with Crippen molar-refractivity contribution < 1.29 is 27.5 Å². The van der Waals surface area contributed by atoms with E-state index in [1.54, 1.807) is 17.0 Å². The normalized spacial score (nSPS) is 13.7. The van der Waals surface area contributed by atoms with Crippen molar-refractivity contribution in [3.05, 3.63) is 48.0 Å². The third kappa shape index (κ3) is 5.50. The number of carbonyl (C=O) groups excluding carboxylic acids is 2. The van der Waals surface area contributed by atoms with E-state index in [0.29, 0.717) is 24.5 Å². The maximum absolute atomic E-state index is 12.6. The highest BCUT2D eigenvalue weighted by atomic mass is 32.2. The first-order valence-corrected chi connectivity index (χ1v) is 11.9. The molecule has 0 saturated carbocycles. The van der Waals surface area contributed by atoms with Crippen LogP contribution in [0.1, 0.15) is 18.4 Å². The van der Waals surface area contributed by atoms with Crippen molar-refractivity contribution in [2.75, 3.05) is 42.8 Å². The Kier molecular flexibility index (Phi) is 7.24. The van der Waals surface area contributed by atoms with Crippen LogP contribution < -0.4 is 24.0 Å². The molecule has 0 unspecified atom stereocenters. The van der Waals surface area contributed by atoms with Crippen LogP contribution in [-0.4, -0.2) is 53.8 Å². The molecule has 0 aliphatic carbocycles. The quantitative estimate of drug-likeness (QED) is 0.612. The van der Waals surface area contributed by atoms with E-state index in [4.69, 9.17) is 9.47 Å². The zero-order valence-electron chi connectivity index (χ0n) is 18.3. The summed E-state index contributed by atoms with van der Waals surface area (Å²) >= 11 is 0. The van der Waals surface area contributed by atoms with Crippen LogP contribution >= 0.6 is 0 Å². The summed E-state index contributed by atoms with van der Waals surface area (Å²) in [4.78, 5) is 26.3. The van der Waals surface area contributed by atoms with Gasteiger partial charge in [-0.05, 0) is 36.2 Å². The Morgan fingerprint density at radius 3 is 2.56 bits per heavy atom. The topological polar surface area (TPSA) is 105 Å². The lowest BCUT2D eigenvalue weighted by Gasteiger charge is -2.24. The van der Waals surface area contributed by atoms with E-state index in [-0.39, 0.29) is 18.1 Å². The second-order valence-electron chi connectivity index (χ2n) is 7.40. The number of nitrogens with one attached hydrogen (secondary N) is 1. The summed E-state index contributed by atoms with van der Waals surface area (Å²) in [6.07, 6.45) is 2.39. The molecule has 3 rings (SSSR count). The Morgan fingerprint density at radius 2 is 1.94 bits per heavy atom. The van der Waals surface area contributed by atoms with Gasteiger partial charge in [-0.25, -0.2) is 8.42 Å². The van der Waals surface area contributed by atoms with E-state index in [9.17, 15) is 18.0 Å². The molecule has 2 amide bonds. The lowest BCUT2D eigenvalue weighted by molar-refractivity contribution is -0.120. The van der Waals surface area contributed by atoms with E-state index in [2.05, 4.69) is 5.32 Å². The molecule has 1 N–H and O–H groups in total. The van der Waals surface area contributed by atoms with Crippen molar-refractivity contribution in [2.24, 2.45) is 0 Å². The Morgan fingerprint density at radius 1 is 1.16 bits per heavy atom. The molecule has 32 heavy (non-hydrogen) atoms. The summed E-state index contributed by atoms with van der Waals surface area (Å²) in [6.45, 7) is 0.453. The fourth-order valence-electron chi connectivity index (χ4n) is 3.52. The van der Waals surface area contributed by atoms with E-state index in [1.165, 1.54) is 20.3 Å². The van der Waals surface area contributed by atoms with Crippen LogP contribution in [0.25, 0.3) is 0 Å². The molecule has 2 aromatic carbocycles. The average molecular weight is 462 g/mol. The number of methoxy groups -OCH3 is 2. The van der Waals surface area contributed by atoms with Crippen molar-refractivity contribution in [1.82, 2.24) is 5.32 Å². The molecule has 10 heteroatoms. The Bertz CT molecular complexity index is 1100. The van der Waals surface area contributed by atoms with Crippen molar-refractivity contribution in [1.29, 1.82) is 0 Å². The molecule has 0 aromatic heterocycles. The van der Waals surface area contributed by atoms with Gasteiger partial charge in [0.15, 0.2) is 0 Å². The monoisotopic (exact) mass is 461 g/mol. The molecule has 0 bridgehead atoms. The lowest BCUT2D eigenvalue weighted by atomic mass is 10.2. The zero-order chi connectivity index (χ0) is 23.3. The van der Waals surface area contributed by atoms with Gasteiger partial charge in [-0.15, -0.1) is 0 Å². The number of rotatable bonds is 9. The number of ether oxygens (including phenoxy) is 2. The van der Waals surface area contributed by atoms with Gasteiger partial charge < -0.3 is 19.7 Å². The van der Waals surface area contributed by atoms with Gasteiger partial charge in [-0.2, -0.15) is 0 Å². The van der Waals surface area contributed by atoms with Gasteiger partial charge >= 0.3 is 0 Å². The Labute approximate surface area is 188 Å². The van der Waals surface area contributed by atoms with Crippen LogP contribution in [0.2, 0.25) is 0 Å². The van der Waals surface area contributed by atoms with Crippen LogP contribution in [-0.2, 0) is 26.2 Å². The molecule has 0 radical (unpaired) electrons. The van der Waals surface area contributed by atoms with Crippen molar-refractivity contribution in [3.8, 4) is 11.5 Å². The first-order chi connectivity index (χ1) is 15.2. The lowest BCUT2D eigenvalue weighted by Crippen LogP contribution is -2.40. The van der Waals surface area contributed by atoms with Gasteiger partial charge in [-0.1, -0.05) is 12.1 Å². The summed E-state index contributed by atoms with van der Waals surface area (Å²) in [5.74, 6) is 0.334. The molecule has 1 fully saturated rings. The largest absolute Gasteiger partial charge is 0.497 e. The van der Waals surface area contributed by atoms with Gasteiger partial charge in [0, 0.05) is 31.3 Å². The zero-order valence-corrected chi connectivity index (χ0v) is 19.1. The fraction of sp³-hybridized carbons (Fsp3) is 0.364. The molecule has 172 valence electrons. The number of carbonyl (C=O) groups is 2. The van der Waals surface area contributed by atoms with Gasteiger partial charge in [0.25, 0.3) is 0 Å². The van der Waals surface area contributed by atoms with Crippen LogP contribution in [0, 0.1) is 0 Å². The van der Waals surface area contributed by atoms with E-state index < -0.39 is 22.5 Å². The minimum absolute atomic E-state index is 0.0854. The highest BCUT2D eigenvalue weighted by Gasteiger charge is 2.25. The number of benzene rings is 2. The first kappa shape index (κ1) is 23.4. The second kappa shape index (κ2) is 9.90. The molecule has 2 aromatic rings. The number of sulfonamides is 1. The summed E-state index contributed by atoms with van der Waals surface area (Å²) in [6, 6.07) is 12.1. The summed E-state index contributed by atoms with van der Waals surface area (Å²) in [5, 5.41) is 2.75. The van der Waals surface area contributed by atoms with Crippen molar-refractivity contribution in [2.45, 2.75) is 19.4 Å². The highest BCUT2D eigenvalue weighted by Crippen LogP contribution is 2.33. The minimum Gasteiger partial charge on any atom is -0.497 e. The molecule has 9 nitrogen and oxygen atoms in total. The summed E-state index contributed by atoms with van der Waals surface area (Å²) < 4.78 is 36.3. The SMILES string of the molecule is COc1ccc(OC)c(N(CC(=O)NCc2cccc(N3CCCC3=O)c2)S(C)(=O)=O)c1. The predicted molar refractivity (Wildman–Crippen MR) is 122 cm³/mol. The molecule has 0 spiro atoms. The third-order valence-electron chi connectivity index (χ3n) is 5.13. The van der Waals surface area contributed by atoms with Crippen molar-refractivity contribution >= 4 is 33.2 Å². The molecule has 1 aliphatic heterocycles. The smallest absolute Gasteiger partial charge is 0.241 e. The maximum Gasteiger partial charge on any atom is 0.241 e. The first-order valence-electron chi connectivity index (χ1n) is 10.1. The molecule has 1 heterocycles. The second-order valence-corrected chi connectivity index (χ2v) is 9.31. The fourth-order valence-corrected chi connectivity index (χ4v) is 4.37. The number of hydrogen-bond acceptors (Lipinski definition) is 6. The molecule has 0 atom stereocenters. The van der Waals surface area contributed by atoms with E-state index in [0.717, 1.165) is 28.2 Å². The Hall–Kier alpha value is -3.27. The van der Waals surface area contributed by atoms with Gasteiger partial charge in [-0.3, -0.25) is 13.9 Å². The van der Waals surface area contributed by atoms with Gasteiger partial charge in [0.05, 0.1) is 26.2 Å². The average Bonchev–Trinajstić information content (AvgIpc) is 3.21. The maximum atomic E-state index is 12.6. The van der Waals surface area contributed by atoms with Crippen LogP contribution in [0.4, 0.5) is 11.4 Å². The summed E-state index contributed by atoms with van der Waals surface area (Å²) in [7, 11) is -0.899. The van der Waals surface area contributed by atoms with Gasteiger partial charge in [0.2, 0.25) is 21.8 Å². The van der Waals surface area contributed by atoms with Crippen LogP contribution in [0.5, 0.6) is 11.5 Å².